The van der Waals surface area contributed by atoms with E-state index in [-0.39, 0.29) is 17.7 Å². The van der Waals surface area contributed by atoms with Gasteiger partial charge >= 0.3 is 0 Å². The summed E-state index contributed by atoms with van der Waals surface area (Å²) >= 11 is 6.46. The number of anilines is 1. The number of hydrogen-bond acceptors (Lipinski definition) is 3. The first-order chi connectivity index (χ1) is 11.6. The van der Waals surface area contributed by atoms with Crippen LogP contribution in [0, 0.1) is 5.82 Å². The molecule has 0 amide bonds. The van der Waals surface area contributed by atoms with Gasteiger partial charge in [-0.15, -0.1) is 0 Å². The van der Waals surface area contributed by atoms with E-state index in [1.165, 1.54) is 12.1 Å². The highest BCUT2D eigenvalue weighted by Gasteiger charge is 2.37. The second-order valence-electron chi connectivity index (χ2n) is 6.11. The molecular formula is C19H16ClFN2O. The Kier molecular flexibility index (Phi) is 3.77. The summed E-state index contributed by atoms with van der Waals surface area (Å²) in [5, 5.41) is 4.90. The average Bonchev–Trinajstić information content (AvgIpc) is 2.97. The molecule has 1 heterocycles. The van der Waals surface area contributed by atoms with E-state index >= 15 is 0 Å². The van der Waals surface area contributed by atoms with Crippen LogP contribution >= 0.6 is 11.6 Å². The molecule has 3 aromatic rings. The van der Waals surface area contributed by atoms with E-state index < -0.39 is 0 Å². The molecule has 0 aliphatic heterocycles. The van der Waals surface area contributed by atoms with Gasteiger partial charge in [0.05, 0.1) is 5.69 Å². The molecule has 1 aromatic heterocycles. The SMILES string of the molecule is Nc1onc2c1CCC(c1ccc(F)cc1)C2c1ccccc1Cl. The minimum absolute atomic E-state index is 0.0611. The lowest BCUT2D eigenvalue weighted by Gasteiger charge is -2.31. The number of nitrogen functional groups attached to an aromatic ring is 1. The summed E-state index contributed by atoms with van der Waals surface area (Å²) in [7, 11) is 0. The van der Waals surface area contributed by atoms with Crippen molar-refractivity contribution < 1.29 is 8.91 Å². The average molecular weight is 343 g/mol. The zero-order chi connectivity index (χ0) is 16.7. The number of aromatic nitrogens is 1. The molecule has 2 aromatic carbocycles. The van der Waals surface area contributed by atoms with E-state index in [4.69, 9.17) is 21.9 Å². The predicted molar refractivity (Wildman–Crippen MR) is 91.7 cm³/mol. The number of hydrogen-bond donors (Lipinski definition) is 1. The van der Waals surface area contributed by atoms with Crippen LogP contribution in [-0.2, 0) is 6.42 Å². The second kappa shape index (κ2) is 5.95. The molecule has 122 valence electrons. The molecule has 0 saturated heterocycles. The van der Waals surface area contributed by atoms with Crippen LogP contribution in [-0.4, -0.2) is 5.16 Å². The highest BCUT2D eigenvalue weighted by Crippen LogP contribution is 2.48. The van der Waals surface area contributed by atoms with Crippen molar-refractivity contribution in [2.75, 3.05) is 5.73 Å². The lowest BCUT2D eigenvalue weighted by atomic mass is 9.71. The number of halogens is 2. The molecule has 1 aliphatic rings. The van der Waals surface area contributed by atoms with Crippen LogP contribution in [0.25, 0.3) is 0 Å². The number of nitrogens with two attached hydrogens (primary N) is 1. The van der Waals surface area contributed by atoms with Gasteiger partial charge in [0.15, 0.2) is 0 Å². The summed E-state index contributed by atoms with van der Waals surface area (Å²) in [6.07, 6.45) is 1.66. The fourth-order valence-electron chi connectivity index (χ4n) is 3.65. The Morgan fingerprint density at radius 2 is 1.88 bits per heavy atom. The molecule has 0 fully saturated rings. The quantitative estimate of drug-likeness (QED) is 0.719. The first-order valence-corrected chi connectivity index (χ1v) is 8.26. The van der Waals surface area contributed by atoms with Gasteiger partial charge in [0.1, 0.15) is 5.82 Å². The van der Waals surface area contributed by atoms with Crippen molar-refractivity contribution in [2.45, 2.75) is 24.7 Å². The Hall–Kier alpha value is -2.33. The summed E-state index contributed by atoms with van der Waals surface area (Å²) in [5.41, 5.74) is 9.78. The third-order valence-corrected chi connectivity index (χ3v) is 5.13. The molecule has 3 nitrogen and oxygen atoms in total. The highest BCUT2D eigenvalue weighted by molar-refractivity contribution is 6.31. The van der Waals surface area contributed by atoms with Crippen LogP contribution < -0.4 is 5.73 Å². The zero-order valence-electron chi connectivity index (χ0n) is 12.9. The highest BCUT2D eigenvalue weighted by atomic mass is 35.5. The summed E-state index contributed by atoms with van der Waals surface area (Å²) in [6, 6.07) is 14.4. The van der Waals surface area contributed by atoms with E-state index in [1.807, 2.05) is 36.4 Å². The minimum atomic E-state index is -0.241. The third-order valence-electron chi connectivity index (χ3n) is 4.79. The molecule has 2 N–H and O–H groups in total. The molecule has 2 atom stereocenters. The van der Waals surface area contributed by atoms with Gasteiger partial charge in [-0.2, -0.15) is 0 Å². The van der Waals surface area contributed by atoms with Gasteiger partial charge in [0.2, 0.25) is 5.88 Å². The molecular weight excluding hydrogens is 327 g/mol. The smallest absolute Gasteiger partial charge is 0.225 e. The summed E-state index contributed by atoms with van der Waals surface area (Å²) in [4.78, 5) is 0. The van der Waals surface area contributed by atoms with Crippen LogP contribution in [0.3, 0.4) is 0 Å². The summed E-state index contributed by atoms with van der Waals surface area (Å²) in [5.74, 6) is 0.214. The van der Waals surface area contributed by atoms with Crippen molar-refractivity contribution in [3.05, 3.63) is 81.8 Å². The number of rotatable bonds is 2. The van der Waals surface area contributed by atoms with E-state index in [9.17, 15) is 4.39 Å². The van der Waals surface area contributed by atoms with Gasteiger partial charge in [-0.3, -0.25) is 0 Å². The van der Waals surface area contributed by atoms with Crippen molar-refractivity contribution in [2.24, 2.45) is 0 Å². The summed E-state index contributed by atoms with van der Waals surface area (Å²) < 4.78 is 18.6. The Morgan fingerprint density at radius 3 is 2.62 bits per heavy atom. The largest absolute Gasteiger partial charge is 0.367 e. The van der Waals surface area contributed by atoms with Crippen LogP contribution in [0.15, 0.2) is 53.1 Å². The van der Waals surface area contributed by atoms with Crippen molar-refractivity contribution >= 4 is 17.5 Å². The fourth-order valence-corrected chi connectivity index (χ4v) is 3.90. The molecule has 0 bridgehead atoms. The second-order valence-corrected chi connectivity index (χ2v) is 6.51. The predicted octanol–water partition coefficient (Wildman–Crippen LogP) is 4.91. The third kappa shape index (κ3) is 2.47. The molecule has 0 radical (unpaired) electrons. The van der Waals surface area contributed by atoms with Crippen LogP contribution in [0.2, 0.25) is 5.02 Å². The van der Waals surface area contributed by atoms with Crippen molar-refractivity contribution in [3.63, 3.8) is 0 Å². The zero-order valence-corrected chi connectivity index (χ0v) is 13.6. The van der Waals surface area contributed by atoms with Crippen molar-refractivity contribution in [1.82, 2.24) is 5.16 Å². The summed E-state index contributed by atoms with van der Waals surface area (Å²) in [6.45, 7) is 0. The Morgan fingerprint density at radius 1 is 1.12 bits per heavy atom. The maximum absolute atomic E-state index is 13.3. The normalized spacial score (nSPS) is 19.9. The number of benzene rings is 2. The lowest BCUT2D eigenvalue weighted by molar-refractivity contribution is 0.415. The molecule has 5 heteroatoms. The fraction of sp³-hybridized carbons (Fsp3) is 0.211. The van der Waals surface area contributed by atoms with E-state index in [1.54, 1.807) is 0 Å². The van der Waals surface area contributed by atoms with Gasteiger partial charge < -0.3 is 10.3 Å². The topological polar surface area (TPSA) is 52.0 Å². The first-order valence-electron chi connectivity index (χ1n) is 7.89. The lowest BCUT2D eigenvalue weighted by Crippen LogP contribution is -2.21. The van der Waals surface area contributed by atoms with Gasteiger partial charge in [0.25, 0.3) is 0 Å². The molecule has 24 heavy (non-hydrogen) atoms. The Balaban J connectivity index is 1.87. The minimum Gasteiger partial charge on any atom is -0.367 e. The van der Waals surface area contributed by atoms with Crippen LogP contribution in [0.1, 0.15) is 40.6 Å². The standard InChI is InChI=1S/C19H16ClFN2O/c20-16-4-2-1-3-14(16)17-13(11-5-7-12(21)8-6-11)9-10-15-18(17)23-24-19(15)22/h1-8,13,17H,9-10,22H2. The molecule has 0 saturated carbocycles. The maximum atomic E-state index is 13.3. The van der Waals surface area contributed by atoms with Gasteiger partial charge in [-0.25, -0.2) is 4.39 Å². The van der Waals surface area contributed by atoms with Crippen LogP contribution in [0.4, 0.5) is 10.3 Å². The number of fused-ring (bicyclic) bond motifs is 1. The molecule has 1 aliphatic carbocycles. The van der Waals surface area contributed by atoms with Gasteiger partial charge in [0, 0.05) is 16.5 Å². The Bertz CT molecular complexity index is 875. The Labute approximate surface area is 144 Å². The van der Waals surface area contributed by atoms with Gasteiger partial charge in [-0.1, -0.05) is 47.1 Å². The molecule has 0 spiro atoms. The van der Waals surface area contributed by atoms with Crippen molar-refractivity contribution in [1.29, 1.82) is 0 Å². The maximum Gasteiger partial charge on any atom is 0.225 e. The molecule has 2 unspecified atom stereocenters. The van der Waals surface area contributed by atoms with E-state index in [0.717, 1.165) is 35.2 Å². The van der Waals surface area contributed by atoms with Crippen LogP contribution in [0.5, 0.6) is 0 Å². The van der Waals surface area contributed by atoms with Crippen molar-refractivity contribution in [3.8, 4) is 0 Å². The van der Waals surface area contributed by atoms with Gasteiger partial charge in [-0.05, 0) is 48.1 Å². The number of nitrogens with zero attached hydrogens (tertiary/aromatic N) is 1. The first kappa shape index (κ1) is 15.2. The molecule has 4 rings (SSSR count). The monoisotopic (exact) mass is 342 g/mol. The van der Waals surface area contributed by atoms with E-state index in [0.29, 0.717) is 10.9 Å². The van der Waals surface area contributed by atoms with E-state index in [2.05, 4.69) is 5.16 Å².